The van der Waals surface area contributed by atoms with Gasteiger partial charge in [-0.15, -0.1) is 11.6 Å². The van der Waals surface area contributed by atoms with Crippen LogP contribution in [0.3, 0.4) is 0 Å². The summed E-state index contributed by atoms with van der Waals surface area (Å²) in [4.78, 5) is 8.19. The predicted octanol–water partition coefficient (Wildman–Crippen LogP) is 3.75. The number of alkyl halides is 1. The number of methoxy groups -OCH3 is 1. The lowest BCUT2D eigenvalue weighted by molar-refractivity contribution is 0.396. The summed E-state index contributed by atoms with van der Waals surface area (Å²) in [7, 11) is 1.58. The highest BCUT2D eigenvalue weighted by Gasteiger charge is 2.16. The fraction of sp³-hybridized carbons (Fsp3) is 0.200. The molecule has 0 aliphatic rings. The summed E-state index contributed by atoms with van der Waals surface area (Å²) in [6.45, 7) is 0. The Hall–Kier alpha value is -2.07. The molecule has 2 aromatic heterocycles. The van der Waals surface area contributed by atoms with Crippen LogP contribution in [-0.4, -0.2) is 17.1 Å². The van der Waals surface area contributed by atoms with Crippen LogP contribution in [0.15, 0.2) is 47.3 Å². The molecule has 0 radical (unpaired) electrons. The molecule has 5 heteroatoms. The molecule has 3 rings (SSSR count). The van der Waals surface area contributed by atoms with Gasteiger partial charge in [-0.05, 0) is 6.07 Å². The minimum absolute atomic E-state index is 0.210. The highest BCUT2D eigenvalue weighted by molar-refractivity contribution is 6.21. The molecule has 0 N–H and O–H groups in total. The zero-order valence-corrected chi connectivity index (χ0v) is 11.7. The molecule has 0 aliphatic heterocycles. The second-order valence-electron chi connectivity index (χ2n) is 4.41. The minimum Gasteiger partial charge on any atom is -0.481 e. The first-order valence-corrected chi connectivity index (χ1v) is 6.66. The standard InChI is InChI=1S/C15H13ClN2O2/c1-19-15-7-10(17-9-18-15)6-13(16)12-8-20-14-5-3-2-4-11(12)14/h2-5,7-9,13H,6H2,1H3. The Bertz CT molecular complexity index is 726. The predicted molar refractivity (Wildman–Crippen MR) is 77.1 cm³/mol. The van der Waals surface area contributed by atoms with Crippen molar-refractivity contribution in [2.24, 2.45) is 0 Å². The van der Waals surface area contributed by atoms with Crippen molar-refractivity contribution in [2.45, 2.75) is 11.8 Å². The highest BCUT2D eigenvalue weighted by Crippen LogP contribution is 2.32. The molecule has 102 valence electrons. The van der Waals surface area contributed by atoms with Crippen LogP contribution in [-0.2, 0) is 6.42 Å². The maximum absolute atomic E-state index is 6.50. The van der Waals surface area contributed by atoms with Gasteiger partial charge in [-0.1, -0.05) is 18.2 Å². The summed E-state index contributed by atoms with van der Waals surface area (Å²) in [6.07, 6.45) is 3.77. The third-order valence-corrected chi connectivity index (χ3v) is 3.53. The second-order valence-corrected chi connectivity index (χ2v) is 4.94. The highest BCUT2D eigenvalue weighted by atomic mass is 35.5. The third-order valence-electron chi connectivity index (χ3n) is 3.14. The van der Waals surface area contributed by atoms with Gasteiger partial charge < -0.3 is 9.15 Å². The Balaban J connectivity index is 1.87. The van der Waals surface area contributed by atoms with Crippen molar-refractivity contribution >= 4 is 22.6 Å². The summed E-state index contributed by atoms with van der Waals surface area (Å²) >= 11 is 6.50. The third kappa shape index (κ3) is 2.47. The lowest BCUT2D eigenvalue weighted by Gasteiger charge is -2.08. The molecule has 0 saturated carbocycles. The molecule has 1 atom stereocenters. The van der Waals surface area contributed by atoms with E-state index in [0.717, 1.165) is 22.2 Å². The van der Waals surface area contributed by atoms with Crippen LogP contribution in [0.4, 0.5) is 0 Å². The molecule has 0 saturated heterocycles. The van der Waals surface area contributed by atoms with Crippen molar-refractivity contribution < 1.29 is 9.15 Å². The normalized spacial score (nSPS) is 12.5. The second kappa shape index (κ2) is 5.51. The lowest BCUT2D eigenvalue weighted by Crippen LogP contribution is -1.99. The summed E-state index contributed by atoms with van der Waals surface area (Å²) in [6, 6.07) is 9.63. The molecule has 0 aliphatic carbocycles. The van der Waals surface area contributed by atoms with Gasteiger partial charge in [0.05, 0.1) is 18.8 Å². The van der Waals surface area contributed by atoms with Crippen LogP contribution in [0.25, 0.3) is 11.0 Å². The lowest BCUT2D eigenvalue weighted by atomic mass is 10.1. The zero-order chi connectivity index (χ0) is 13.9. The SMILES string of the molecule is COc1cc(CC(Cl)c2coc3ccccc23)ncn1. The number of fused-ring (bicyclic) bond motifs is 1. The first-order chi connectivity index (χ1) is 9.78. The molecule has 1 aromatic carbocycles. The van der Waals surface area contributed by atoms with Crippen LogP contribution in [0, 0.1) is 0 Å². The van der Waals surface area contributed by atoms with Crippen molar-refractivity contribution in [1.82, 2.24) is 9.97 Å². The van der Waals surface area contributed by atoms with E-state index in [2.05, 4.69) is 9.97 Å². The summed E-state index contributed by atoms with van der Waals surface area (Å²) in [5.41, 5.74) is 2.65. The number of benzene rings is 1. The van der Waals surface area contributed by atoms with Crippen molar-refractivity contribution in [3.63, 3.8) is 0 Å². The molecule has 0 amide bonds. The van der Waals surface area contributed by atoms with E-state index < -0.39 is 0 Å². The smallest absolute Gasteiger partial charge is 0.216 e. The Labute approximate surface area is 121 Å². The molecule has 20 heavy (non-hydrogen) atoms. The van der Waals surface area contributed by atoms with Gasteiger partial charge in [-0.2, -0.15) is 0 Å². The Morgan fingerprint density at radius 2 is 2.15 bits per heavy atom. The quantitative estimate of drug-likeness (QED) is 0.686. The number of hydrogen-bond donors (Lipinski definition) is 0. The van der Waals surface area contributed by atoms with E-state index in [0.29, 0.717) is 12.3 Å². The number of para-hydroxylation sites is 1. The van der Waals surface area contributed by atoms with Gasteiger partial charge in [0.15, 0.2) is 0 Å². The van der Waals surface area contributed by atoms with Crippen molar-refractivity contribution in [3.8, 4) is 5.88 Å². The summed E-state index contributed by atoms with van der Waals surface area (Å²) in [5.74, 6) is 0.538. The number of ether oxygens (including phenoxy) is 1. The monoisotopic (exact) mass is 288 g/mol. The molecule has 0 fully saturated rings. The van der Waals surface area contributed by atoms with Crippen molar-refractivity contribution in [1.29, 1.82) is 0 Å². The van der Waals surface area contributed by atoms with Gasteiger partial charge >= 0.3 is 0 Å². The van der Waals surface area contributed by atoms with E-state index in [-0.39, 0.29) is 5.38 Å². The average molecular weight is 289 g/mol. The van der Waals surface area contributed by atoms with Gasteiger partial charge in [0.1, 0.15) is 11.9 Å². The van der Waals surface area contributed by atoms with Crippen molar-refractivity contribution in [2.75, 3.05) is 7.11 Å². The van der Waals surface area contributed by atoms with Crippen LogP contribution in [0.1, 0.15) is 16.6 Å². The fourth-order valence-corrected chi connectivity index (χ4v) is 2.46. The van der Waals surface area contributed by atoms with Crippen molar-refractivity contribution in [3.05, 3.63) is 54.2 Å². The topological polar surface area (TPSA) is 48.2 Å². The van der Waals surface area contributed by atoms with E-state index in [1.54, 1.807) is 19.4 Å². The van der Waals surface area contributed by atoms with E-state index in [1.807, 2.05) is 24.3 Å². The number of rotatable bonds is 4. The van der Waals surface area contributed by atoms with Gasteiger partial charge in [-0.3, -0.25) is 0 Å². The van der Waals surface area contributed by atoms with Crippen LogP contribution < -0.4 is 4.74 Å². The summed E-state index contributed by atoms with van der Waals surface area (Å²) in [5, 5.41) is 0.826. The molecular weight excluding hydrogens is 276 g/mol. The van der Waals surface area contributed by atoms with Gasteiger partial charge in [0.2, 0.25) is 5.88 Å². The van der Waals surface area contributed by atoms with Gasteiger partial charge in [0.25, 0.3) is 0 Å². The maximum atomic E-state index is 6.50. The average Bonchev–Trinajstić information content (AvgIpc) is 2.91. The molecule has 2 heterocycles. The maximum Gasteiger partial charge on any atom is 0.216 e. The van der Waals surface area contributed by atoms with Crippen LogP contribution >= 0.6 is 11.6 Å². The van der Waals surface area contributed by atoms with E-state index in [9.17, 15) is 0 Å². The molecule has 0 bridgehead atoms. The Morgan fingerprint density at radius 1 is 1.30 bits per heavy atom. The summed E-state index contributed by atoms with van der Waals surface area (Å²) < 4.78 is 10.6. The molecular formula is C15H13ClN2O2. The first-order valence-electron chi connectivity index (χ1n) is 6.23. The molecule has 1 unspecified atom stereocenters. The zero-order valence-electron chi connectivity index (χ0n) is 10.9. The Morgan fingerprint density at radius 3 is 3.00 bits per heavy atom. The van der Waals surface area contributed by atoms with E-state index in [1.165, 1.54) is 6.33 Å². The number of hydrogen-bond acceptors (Lipinski definition) is 4. The van der Waals surface area contributed by atoms with E-state index in [4.69, 9.17) is 20.8 Å². The number of furan rings is 1. The minimum atomic E-state index is -0.210. The molecule has 4 nitrogen and oxygen atoms in total. The molecule has 3 aromatic rings. The Kier molecular flexibility index (Phi) is 3.56. The number of nitrogens with zero attached hydrogens (tertiary/aromatic N) is 2. The van der Waals surface area contributed by atoms with Crippen LogP contribution in [0.2, 0.25) is 0 Å². The van der Waals surface area contributed by atoms with E-state index >= 15 is 0 Å². The van der Waals surface area contributed by atoms with Gasteiger partial charge in [0, 0.05) is 29.1 Å². The van der Waals surface area contributed by atoms with Gasteiger partial charge in [-0.25, -0.2) is 9.97 Å². The number of aromatic nitrogens is 2. The van der Waals surface area contributed by atoms with Crippen LogP contribution in [0.5, 0.6) is 5.88 Å². The number of halogens is 1. The molecule has 0 spiro atoms. The first kappa shape index (κ1) is 12.9. The fourth-order valence-electron chi connectivity index (χ4n) is 2.13. The largest absolute Gasteiger partial charge is 0.481 e.